The van der Waals surface area contributed by atoms with E-state index in [-0.39, 0.29) is 17.9 Å². The lowest BCUT2D eigenvalue weighted by Crippen LogP contribution is -2.36. The largest absolute Gasteiger partial charge is 0.376 e. The van der Waals surface area contributed by atoms with Crippen LogP contribution in [0.5, 0.6) is 0 Å². The Labute approximate surface area is 147 Å². The predicted octanol–water partition coefficient (Wildman–Crippen LogP) is 3.36. The number of nitrogens with zero attached hydrogens (tertiary/aromatic N) is 1. The van der Waals surface area contributed by atoms with Crippen molar-refractivity contribution in [2.75, 3.05) is 13.2 Å². The highest BCUT2D eigenvalue weighted by atomic mass is 35.5. The standard InChI is InChI=1S/C19H21ClN2O2/c20-15-8-6-14(7-9-15)18(12-16-4-1-2-10-21-16)19(23)22-13-17-5-3-11-24-17/h1-2,4,6-10,17-18H,3,5,11-13H2,(H,22,23). The van der Waals surface area contributed by atoms with Gasteiger partial charge in [-0.15, -0.1) is 0 Å². The second-order valence-electron chi connectivity index (χ2n) is 6.01. The Morgan fingerprint density at radius 2 is 2.12 bits per heavy atom. The van der Waals surface area contributed by atoms with Crippen molar-refractivity contribution in [1.82, 2.24) is 10.3 Å². The fourth-order valence-electron chi connectivity index (χ4n) is 2.93. The molecule has 126 valence electrons. The van der Waals surface area contributed by atoms with Gasteiger partial charge in [0.2, 0.25) is 5.91 Å². The molecule has 0 radical (unpaired) electrons. The van der Waals surface area contributed by atoms with Crippen molar-refractivity contribution >= 4 is 17.5 Å². The van der Waals surface area contributed by atoms with Crippen LogP contribution >= 0.6 is 11.6 Å². The highest BCUT2D eigenvalue weighted by Gasteiger charge is 2.23. The molecule has 2 atom stereocenters. The van der Waals surface area contributed by atoms with E-state index >= 15 is 0 Å². The molecule has 5 heteroatoms. The predicted molar refractivity (Wildman–Crippen MR) is 94.1 cm³/mol. The molecule has 24 heavy (non-hydrogen) atoms. The van der Waals surface area contributed by atoms with Crippen LogP contribution in [-0.4, -0.2) is 30.1 Å². The average molecular weight is 345 g/mol. The first-order chi connectivity index (χ1) is 11.7. The summed E-state index contributed by atoms with van der Waals surface area (Å²) in [5, 5.41) is 3.70. The number of pyridine rings is 1. The van der Waals surface area contributed by atoms with Gasteiger partial charge in [-0.3, -0.25) is 9.78 Å². The topological polar surface area (TPSA) is 51.2 Å². The van der Waals surface area contributed by atoms with Gasteiger partial charge in [-0.1, -0.05) is 29.8 Å². The number of hydrogen-bond acceptors (Lipinski definition) is 3. The van der Waals surface area contributed by atoms with Gasteiger partial charge in [0, 0.05) is 36.5 Å². The summed E-state index contributed by atoms with van der Waals surface area (Å²) in [4.78, 5) is 17.1. The SMILES string of the molecule is O=C(NCC1CCCO1)C(Cc1ccccn1)c1ccc(Cl)cc1. The number of carbonyl (C=O) groups is 1. The number of carbonyl (C=O) groups excluding carboxylic acids is 1. The summed E-state index contributed by atoms with van der Waals surface area (Å²) < 4.78 is 5.58. The third-order valence-corrected chi connectivity index (χ3v) is 4.51. The lowest BCUT2D eigenvalue weighted by atomic mass is 9.93. The molecule has 1 fully saturated rings. The van der Waals surface area contributed by atoms with Gasteiger partial charge >= 0.3 is 0 Å². The molecule has 2 unspecified atom stereocenters. The normalized spacial score (nSPS) is 18.3. The van der Waals surface area contributed by atoms with Crippen molar-refractivity contribution < 1.29 is 9.53 Å². The second kappa shape index (κ2) is 8.27. The molecule has 1 aromatic carbocycles. The quantitative estimate of drug-likeness (QED) is 0.874. The molecule has 0 bridgehead atoms. The zero-order valence-electron chi connectivity index (χ0n) is 13.5. The summed E-state index contributed by atoms with van der Waals surface area (Å²) in [6, 6.07) is 13.2. The first-order valence-electron chi connectivity index (χ1n) is 8.27. The molecular formula is C19H21ClN2O2. The summed E-state index contributed by atoms with van der Waals surface area (Å²) in [5.41, 5.74) is 1.83. The van der Waals surface area contributed by atoms with Crippen molar-refractivity contribution in [1.29, 1.82) is 0 Å². The lowest BCUT2D eigenvalue weighted by Gasteiger charge is -2.19. The molecule has 1 N–H and O–H groups in total. The third kappa shape index (κ3) is 4.56. The number of amides is 1. The molecule has 2 heterocycles. The molecule has 2 aromatic rings. The summed E-state index contributed by atoms with van der Waals surface area (Å²) >= 11 is 5.97. The van der Waals surface area contributed by atoms with E-state index in [2.05, 4.69) is 10.3 Å². The minimum absolute atomic E-state index is 0.00141. The minimum Gasteiger partial charge on any atom is -0.376 e. The van der Waals surface area contributed by atoms with Crippen LogP contribution in [0, 0.1) is 0 Å². The van der Waals surface area contributed by atoms with Gasteiger partial charge in [0.15, 0.2) is 0 Å². The van der Waals surface area contributed by atoms with Gasteiger partial charge in [-0.05, 0) is 42.7 Å². The van der Waals surface area contributed by atoms with E-state index in [4.69, 9.17) is 16.3 Å². The summed E-state index contributed by atoms with van der Waals surface area (Å²) in [6.45, 7) is 1.35. The van der Waals surface area contributed by atoms with E-state index in [0.717, 1.165) is 30.7 Å². The summed E-state index contributed by atoms with van der Waals surface area (Å²) in [5.74, 6) is -0.294. The van der Waals surface area contributed by atoms with Crippen molar-refractivity contribution in [2.45, 2.75) is 31.3 Å². The number of benzene rings is 1. The Hall–Kier alpha value is -1.91. The Kier molecular flexibility index (Phi) is 5.83. The first kappa shape index (κ1) is 16.9. The first-order valence-corrected chi connectivity index (χ1v) is 8.65. The van der Waals surface area contributed by atoms with E-state index in [9.17, 15) is 4.79 Å². The molecule has 1 saturated heterocycles. The molecule has 1 amide bonds. The van der Waals surface area contributed by atoms with Crippen molar-refractivity contribution in [3.63, 3.8) is 0 Å². The summed E-state index contributed by atoms with van der Waals surface area (Å²) in [7, 11) is 0. The smallest absolute Gasteiger partial charge is 0.228 e. The number of ether oxygens (including phenoxy) is 1. The molecule has 4 nitrogen and oxygen atoms in total. The van der Waals surface area contributed by atoms with Crippen molar-refractivity contribution in [3.05, 3.63) is 64.9 Å². The molecular weight excluding hydrogens is 324 g/mol. The second-order valence-corrected chi connectivity index (χ2v) is 6.45. The number of halogens is 1. The molecule has 3 rings (SSSR count). The molecule has 0 spiro atoms. The average Bonchev–Trinajstić information content (AvgIpc) is 3.13. The zero-order valence-corrected chi connectivity index (χ0v) is 14.2. The molecule has 1 aliphatic rings. The molecule has 1 aliphatic heterocycles. The minimum atomic E-state index is -0.293. The van der Waals surface area contributed by atoms with Crippen LogP contribution in [-0.2, 0) is 16.0 Å². The Balaban J connectivity index is 1.72. The van der Waals surface area contributed by atoms with Gasteiger partial charge in [0.05, 0.1) is 12.0 Å². The van der Waals surface area contributed by atoms with Gasteiger partial charge in [-0.2, -0.15) is 0 Å². The van der Waals surface area contributed by atoms with Crippen LogP contribution in [0.3, 0.4) is 0 Å². The van der Waals surface area contributed by atoms with Crippen LogP contribution in [0.2, 0.25) is 5.02 Å². The molecule has 0 saturated carbocycles. The zero-order chi connectivity index (χ0) is 16.8. The maximum Gasteiger partial charge on any atom is 0.228 e. The molecule has 0 aliphatic carbocycles. The van der Waals surface area contributed by atoms with E-state index in [1.54, 1.807) is 6.20 Å². The van der Waals surface area contributed by atoms with E-state index in [1.807, 2.05) is 42.5 Å². The Morgan fingerprint density at radius 3 is 2.79 bits per heavy atom. The highest BCUT2D eigenvalue weighted by Crippen LogP contribution is 2.23. The van der Waals surface area contributed by atoms with E-state index in [0.29, 0.717) is 18.0 Å². The van der Waals surface area contributed by atoms with Gasteiger partial charge in [0.1, 0.15) is 0 Å². The maximum absolute atomic E-state index is 12.8. The van der Waals surface area contributed by atoms with Gasteiger partial charge in [-0.25, -0.2) is 0 Å². The molecule has 1 aromatic heterocycles. The van der Waals surface area contributed by atoms with E-state index in [1.165, 1.54) is 0 Å². The monoisotopic (exact) mass is 344 g/mol. The number of nitrogens with one attached hydrogen (secondary N) is 1. The maximum atomic E-state index is 12.8. The van der Waals surface area contributed by atoms with Crippen molar-refractivity contribution in [3.8, 4) is 0 Å². The van der Waals surface area contributed by atoms with E-state index < -0.39 is 0 Å². The number of hydrogen-bond donors (Lipinski definition) is 1. The van der Waals surface area contributed by atoms with Crippen LogP contribution in [0.15, 0.2) is 48.7 Å². The third-order valence-electron chi connectivity index (χ3n) is 4.26. The van der Waals surface area contributed by atoms with Crippen LogP contribution in [0.1, 0.15) is 30.0 Å². The highest BCUT2D eigenvalue weighted by molar-refractivity contribution is 6.30. The number of aromatic nitrogens is 1. The Morgan fingerprint density at radius 1 is 1.29 bits per heavy atom. The van der Waals surface area contributed by atoms with Crippen molar-refractivity contribution in [2.24, 2.45) is 0 Å². The fourth-order valence-corrected chi connectivity index (χ4v) is 3.05. The van der Waals surface area contributed by atoms with Crippen LogP contribution in [0.25, 0.3) is 0 Å². The lowest BCUT2D eigenvalue weighted by molar-refractivity contribution is -0.123. The van der Waals surface area contributed by atoms with Crippen LogP contribution < -0.4 is 5.32 Å². The Bertz CT molecular complexity index is 655. The van der Waals surface area contributed by atoms with Gasteiger partial charge in [0.25, 0.3) is 0 Å². The van der Waals surface area contributed by atoms with Crippen LogP contribution in [0.4, 0.5) is 0 Å². The fraction of sp³-hybridized carbons (Fsp3) is 0.368. The number of rotatable bonds is 6. The summed E-state index contributed by atoms with van der Waals surface area (Å²) in [6.07, 6.45) is 4.51. The van der Waals surface area contributed by atoms with Gasteiger partial charge < -0.3 is 10.1 Å².